The molecule has 1 aromatic rings. The molecule has 2 bridgehead atoms. The van der Waals surface area contributed by atoms with E-state index in [-0.39, 0.29) is 11.8 Å². The Balaban J connectivity index is 1.61. The van der Waals surface area contributed by atoms with Gasteiger partial charge in [-0.15, -0.1) is 0 Å². The van der Waals surface area contributed by atoms with Crippen molar-refractivity contribution in [3.8, 4) is 5.75 Å². The van der Waals surface area contributed by atoms with Crippen molar-refractivity contribution < 1.29 is 24.2 Å². The molecule has 2 aliphatic rings. The van der Waals surface area contributed by atoms with Crippen molar-refractivity contribution >= 4 is 17.8 Å². The normalized spacial score (nSPS) is 26.9. The third-order valence-corrected chi connectivity index (χ3v) is 4.69. The number of ether oxygens (including phenoxy) is 1. The van der Waals surface area contributed by atoms with Crippen molar-refractivity contribution in [2.45, 2.75) is 6.42 Å². The number of fused-ring (bicyclic) bond motifs is 2. The number of rotatable bonds is 4. The number of hydrogen-bond donors (Lipinski definition) is 2. The van der Waals surface area contributed by atoms with Crippen LogP contribution in [0.5, 0.6) is 5.75 Å². The fourth-order valence-corrected chi connectivity index (χ4v) is 3.52. The van der Waals surface area contributed by atoms with Crippen LogP contribution in [-0.2, 0) is 9.59 Å². The van der Waals surface area contributed by atoms with Gasteiger partial charge in [0, 0.05) is 17.5 Å². The van der Waals surface area contributed by atoms with Crippen molar-refractivity contribution in [3.05, 3.63) is 42.0 Å². The fourth-order valence-electron chi connectivity index (χ4n) is 3.52. The van der Waals surface area contributed by atoms with Crippen LogP contribution in [-0.4, -0.2) is 24.9 Å². The zero-order valence-corrected chi connectivity index (χ0v) is 13.0. The smallest absolute Gasteiger partial charge is 0.269 e. The summed E-state index contributed by atoms with van der Waals surface area (Å²) >= 11 is 0. The molecule has 1 fully saturated rings. The van der Waals surface area contributed by atoms with E-state index in [0.717, 1.165) is 0 Å². The molecule has 0 aromatic heterocycles. The number of carboxylic acids is 1. The largest absolute Gasteiger partial charge is 0.550 e. The molecule has 7 heteroatoms. The number of aliphatic carboxylic acids is 1. The molecule has 1 aromatic carbocycles. The minimum absolute atomic E-state index is 0.129. The van der Waals surface area contributed by atoms with Crippen LogP contribution in [0.3, 0.4) is 0 Å². The number of hydrazine groups is 1. The lowest BCUT2D eigenvalue weighted by Crippen LogP contribution is -2.50. The Hall–Kier alpha value is -2.83. The Bertz CT molecular complexity index is 697. The van der Waals surface area contributed by atoms with Crippen LogP contribution in [0.2, 0.25) is 0 Å². The van der Waals surface area contributed by atoms with Crippen LogP contribution in [0.1, 0.15) is 16.8 Å². The lowest BCUT2D eigenvalue weighted by Gasteiger charge is -2.27. The van der Waals surface area contributed by atoms with Gasteiger partial charge in [0.15, 0.2) is 0 Å². The zero-order valence-electron chi connectivity index (χ0n) is 13.0. The maximum atomic E-state index is 12.3. The molecule has 2 amide bonds. The molecule has 0 heterocycles. The van der Waals surface area contributed by atoms with Crippen LogP contribution in [0.15, 0.2) is 36.4 Å². The molecular formula is C17H17N2O5-. The van der Waals surface area contributed by atoms with Crippen molar-refractivity contribution in [2.75, 3.05) is 7.11 Å². The molecule has 24 heavy (non-hydrogen) atoms. The lowest BCUT2D eigenvalue weighted by atomic mass is 9.82. The third-order valence-electron chi connectivity index (χ3n) is 4.69. The molecule has 3 rings (SSSR count). The van der Waals surface area contributed by atoms with Gasteiger partial charge in [-0.05, 0) is 42.5 Å². The highest BCUT2D eigenvalue weighted by atomic mass is 16.5. The molecule has 2 N–H and O–H groups in total. The Labute approximate surface area is 138 Å². The molecular weight excluding hydrogens is 312 g/mol. The Morgan fingerprint density at radius 3 is 2.25 bits per heavy atom. The Kier molecular flexibility index (Phi) is 4.24. The number of hydrogen-bond acceptors (Lipinski definition) is 5. The van der Waals surface area contributed by atoms with E-state index in [9.17, 15) is 19.5 Å². The molecule has 4 atom stereocenters. The average molecular weight is 329 g/mol. The minimum atomic E-state index is -1.23. The van der Waals surface area contributed by atoms with Crippen molar-refractivity contribution in [1.82, 2.24) is 10.9 Å². The molecule has 0 aliphatic heterocycles. The van der Waals surface area contributed by atoms with Crippen molar-refractivity contribution in [1.29, 1.82) is 0 Å². The third kappa shape index (κ3) is 2.84. The number of carbonyl (C=O) groups is 3. The van der Waals surface area contributed by atoms with E-state index in [2.05, 4.69) is 10.9 Å². The monoisotopic (exact) mass is 329 g/mol. The zero-order chi connectivity index (χ0) is 17.3. The van der Waals surface area contributed by atoms with Gasteiger partial charge in [0.1, 0.15) is 5.75 Å². The summed E-state index contributed by atoms with van der Waals surface area (Å²) in [5, 5.41) is 11.3. The van der Waals surface area contributed by atoms with Crippen molar-refractivity contribution in [2.24, 2.45) is 23.7 Å². The number of amides is 2. The van der Waals surface area contributed by atoms with E-state index in [1.54, 1.807) is 24.3 Å². The second-order valence-corrected chi connectivity index (χ2v) is 5.99. The van der Waals surface area contributed by atoms with Gasteiger partial charge in [0.05, 0.1) is 13.0 Å². The predicted octanol–water partition coefficient (Wildman–Crippen LogP) is -0.356. The van der Waals surface area contributed by atoms with E-state index < -0.39 is 29.6 Å². The van der Waals surface area contributed by atoms with E-state index in [0.29, 0.717) is 17.7 Å². The predicted molar refractivity (Wildman–Crippen MR) is 81.3 cm³/mol. The Morgan fingerprint density at radius 2 is 1.67 bits per heavy atom. The molecule has 126 valence electrons. The van der Waals surface area contributed by atoms with Crippen LogP contribution >= 0.6 is 0 Å². The highest BCUT2D eigenvalue weighted by Gasteiger charge is 2.48. The fraction of sp³-hybridized carbons (Fsp3) is 0.353. The topological polar surface area (TPSA) is 108 Å². The minimum Gasteiger partial charge on any atom is -0.550 e. The highest BCUT2D eigenvalue weighted by molar-refractivity contribution is 5.96. The molecule has 0 spiro atoms. The Morgan fingerprint density at radius 1 is 1.04 bits per heavy atom. The van der Waals surface area contributed by atoms with E-state index in [1.165, 1.54) is 7.11 Å². The quantitative estimate of drug-likeness (QED) is 0.580. The van der Waals surface area contributed by atoms with Crippen LogP contribution in [0.4, 0.5) is 0 Å². The average Bonchev–Trinajstić information content (AvgIpc) is 3.20. The summed E-state index contributed by atoms with van der Waals surface area (Å²) in [6, 6.07) is 6.38. The summed E-state index contributed by atoms with van der Waals surface area (Å²) < 4.78 is 5.01. The first-order valence-corrected chi connectivity index (χ1v) is 7.64. The first kappa shape index (κ1) is 16.0. The SMILES string of the molecule is COc1ccc(C(=O)NNC(=O)[C@@H]2[C@@H](C(=O)[O-])[C@H]3C=C[C@@H]2C3)cc1. The summed E-state index contributed by atoms with van der Waals surface area (Å²) in [5.41, 5.74) is 4.99. The van der Waals surface area contributed by atoms with E-state index in [4.69, 9.17) is 4.74 Å². The lowest BCUT2D eigenvalue weighted by molar-refractivity contribution is -0.313. The number of methoxy groups -OCH3 is 1. The van der Waals surface area contributed by atoms with Crippen LogP contribution in [0.25, 0.3) is 0 Å². The van der Waals surface area contributed by atoms with E-state index in [1.807, 2.05) is 12.2 Å². The molecule has 0 saturated heterocycles. The number of carboxylic acid groups (broad SMARTS) is 1. The number of benzene rings is 1. The molecule has 1 saturated carbocycles. The molecule has 0 unspecified atom stereocenters. The first-order valence-electron chi connectivity index (χ1n) is 7.64. The number of carbonyl (C=O) groups excluding carboxylic acids is 3. The van der Waals surface area contributed by atoms with Crippen molar-refractivity contribution in [3.63, 3.8) is 0 Å². The second kappa shape index (κ2) is 6.35. The molecule has 7 nitrogen and oxygen atoms in total. The first-order chi connectivity index (χ1) is 11.5. The number of allylic oxidation sites excluding steroid dienone is 2. The van der Waals surface area contributed by atoms with Gasteiger partial charge >= 0.3 is 0 Å². The van der Waals surface area contributed by atoms with Gasteiger partial charge < -0.3 is 14.6 Å². The standard InChI is InChI=1S/C17H18N2O5/c1-24-12-6-4-9(5-7-12)15(20)18-19-16(21)13-10-2-3-11(8-10)14(13)17(22)23/h2-7,10-11,13-14H,8H2,1H3,(H,18,20)(H,19,21)(H,22,23)/p-1/t10-,11+,13+,14+/m1/s1. The molecule has 0 radical (unpaired) electrons. The van der Waals surface area contributed by atoms with Gasteiger partial charge in [-0.25, -0.2) is 0 Å². The second-order valence-electron chi connectivity index (χ2n) is 5.99. The van der Waals surface area contributed by atoms with Crippen LogP contribution < -0.4 is 20.7 Å². The maximum Gasteiger partial charge on any atom is 0.269 e. The summed E-state index contributed by atoms with van der Waals surface area (Å²) in [5.74, 6) is -3.49. The van der Waals surface area contributed by atoms with Gasteiger partial charge in [-0.3, -0.25) is 20.4 Å². The van der Waals surface area contributed by atoms with Gasteiger partial charge in [-0.1, -0.05) is 12.2 Å². The summed E-state index contributed by atoms with van der Waals surface area (Å²) in [6.07, 6.45) is 4.31. The highest BCUT2D eigenvalue weighted by Crippen LogP contribution is 2.47. The summed E-state index contributed by atoms with van der Waals surface area (Å²) in [7, 11) is 1.52. The maximum absolute atomic E-state index is 12.3. The van der Waals surface area contributed by atoms with E-state index >= 15 is 0 Å². The van der Waals surface area contributed by atoms with Gasteiger partial charge in [-0.2, -0.15) is 0 Å². The van der Waals surface area contributed by atoms with Gasteiger partial charge in [0.25, 0.3) is 5.91 Å². The summed E-state index contributed by atoms with van der Waals surface area (Å²) in [6.45, 7) is 0. The van der Waals surface area contributed by atoms with Crippen LogP contribution in [0, 0.1) is 23.7 Å². The number of nitrogens with one attached hydrogen (secondary N) is 2. The summed E-state index contributed by atoms with van der Waals surface area (Å²) in [4.78, 5) is 35.6. The molecule has 2 aliphatic carbocycles. The van der Waals surface area contributed by atoms with Gasteiger partial charge in [0.2, 0.25) is 5.91 Å².